The Morgan fingerprint density at radius 1 is 0.867 bits per heavy atom. The number of nitrogens with zero attached hydrogens (tertiary/aromatic N) is 2. The summed E-state index contributed by atoms with van der Waals surface area (Å²) in [6, 6.07) is 21.1. The van der Waals surface area contributed by atoms with Gasteiger partial charge in [-0.15, -0.1) is 0 Å². The molecule has 30 heavy (non-hydrogen) atoms. The van der Waals surface area contributed by atoms with Crippen molar-refractivity contribution < 1.29 is 9.31 Å². The monoisotopic (exact) mass is 398 g/mol. The lowest BCUT2D eigenvalue weighted by Crippen LogP contribution is -2.41. The third-order valence-electron chi connectivity index (χ3n) is 6.62. The van der Waals surface area contributed by atoms with Crippen molar-refractivity contribution in [2.75, 3.05) is 0 Å². The van der Waals surface area contributed by atoms with Gasteiger partial charge >= 0.3 is 7.12 Å². The molecule has 3 aromatic carbocycles. The molecule has 0 spiro atoms. The average molecular weight is 398 g/mol. The van der Waals surface area contributed by atoms with Crippen molar-refractivity contribution in [1.82, 2.24) is 9.55 Å². The van der Waals surface area contributed by atoms with Gasteiger partial charge in [0.05, 0.1) is 22.2 Å². The van der Waals surface area contributed by atoms with Crippen molar-refractivity contribution in [2.24, 2.45) is 0 Å². The van der Waals surface area contributed by atoms with E-state index in [9.17, 15) is 0 Å². The third kappa shape index (κ3) is 2.80. The van der Waals surface area contributed by atoms with E-state index in [4.69, 9.17) is 14.3 Å². The highest BCUT2D eigenvalue weighted by atomic mass is 16.7. The summed E-state index contributed by atoms with van der Waals surface area (Å²) in [4.78, 5) is 4.89. The van der Waals surface area contributed by atoms with Crippen LogP contribution < -0.4 is 5.46 Å². The summed E-state index contributed by atoms with van der Waals surface area (Å²) in [6.45, 7) is 10.5. The molecule has 0 bridgehead atoms. The molecule has 5 heteroatoms. The summed E-state index contributed by atoms with van der Waals surface area (Å²) in [6.07, 6.45) is 0.838. The molecule has 1 saturated heterocycles. The van der Waals surface area contributed by atoms with E-state index < -0.39 is 18.3 Å². The second-order valence-electron chi connectivity index (χ2n) is 9.01. The minimum Gasteiger partial charge on any atom is -0.399 e. The largest absolute Gasteiger partial charge is 0.497 e. The maximum atomic E-state index is 6.53. The van der Waals surface area contributed by atoms with Crippen LogP contribution in [0.3, 0.4) is 0 Å². The van der Waals surface area contributed by atoms with E-state index in [2.05, 4.69) is 93.8 Å². The van der Waals surface area contributed by atoms with E-state index in [1.807, 2.05) is 6.07 Å². The molecular formula is C25H27BN2O2. The molecule has 1 fully saturated rings. The number of para-hydroxylation sites is 2. The number of benzene rings is 3. The number of fused-ring (bicyclic) bond motifs is 2. The topological polar surface area (TPSA) is 36.3 Å². The number of hydrogen-bond donors (Lipinski definition) is 0. The van der Waals surface area contributed by atoms with Crippen LogP contribution in [0.4, 0.5) is 0 Å². The summed E-state index contributed by atoms with van der Waals surface area (Å²) >= 11 is 0. The van der Waals surface area contributed by atoms with Crippen LogP contribution in [-0.4, -0.2) is 27.9 Å². The van der Waals surface area contributed by atoms with Gasteiger partial charge in [-0.1, -0.05) is 49.4 Å². The molecule has 4 aromatic rings. The number of aryl methyl sites for hydroxylation is 1. The molecule has 0 amide bonds. The van der Waals surface area contributed by atoms with Gasteiger partial charge in [0.2, 0.25) is 0 Å². The molecule has 1 aromatic heterocycles. The van der Waals surface area contributed by atoms with Crippen LogP contribution in [0.2, 0.25) is 0 Å². The molecule has 1 aliphatic rings. The van der Waals surface area contributed by atoms with Crippen LogP contribution in [0.25, 0.3) is 27.5 Å². The summed E-state index contributed by atoms with van der Waals surface area (Å²) in [5.74, 6) is 1.03. The van der Waals surface area contributed by atoms with Crippen LogP contribution in [-0.2, 0) is 15.7 Å². The first kappa shape index (κ1) is 19.3. The fraction of sp³-hybridized carbons (Fsp3) is 0.320. The fourth-order valence-electron chi connectivity index (χ4n) is 4.27. The number of rotatable bonds is 3. The van der Waals surface area contributed by atoms with Crippen LogP contribution in [0.15, 0.2) is 60.7 Å². The predicted octanol–water partition coefficient (Wildman–Crippen LogP) is 5.04. The van der Waals surface area contributed by atoms with Gasteiger partial charge in [-0.3, -0.25) is 4.57 Å². The fourth-order valence-corrected chi connectivity index (χ4v) is 4.27. The predicted molar refractivity (Wildman–Crippen MR) is 124 cm³/mol. The zero-order valence-corrected chi connectivity index (χ0v) is 18.3. The van der Waals surface area contributed by atoms with Gasteiger partial charge in [-0.05, 0) is 56.7 Å². The van der Waals surface area contributed by atoms with Crippen molar-refractivity contribution in [3.05, 3.63) is 66.5 Å². The zero-order chi connectivity index (χ0) is 21.1. The highest BCUT2D eigenvalue weighted by molar-refractivity contribution is 6.66. The highest BCUT2D eigenvalue weighted by Gasteiger charge is 2.52. The van der Waals surface area contributed by atoms with E-state index in [-0.39, 0.29) is 0 Å². The standard InChI is InChI=1S/C25H27BN2O2/c1-6-22-27-19-13-9-10-14-20(19)28(22)21-16-15-17-11-7-8-12-18(17)23(21)26-29-24(2,3)25(4,5)30-26/h7-16H,6H2,1-5H3. The van der Waals surface area contributed by atoms with Crippen molar-refractivity contribution in [3.63, 3.8) is 0 Å². The van der Waals surface area contributed by atoms with Crippen LogP contribution in [0.5, 0.6) is 0 Å². The van der Waals surface area contributed by atoms with Crippen molar-refractivity contribution in [1.29, 1.82) is 0 Å². The van der Waals surface area contributed by atoms with Crippen LogP contribution in [0.1, 0.15) is 40.4 Å². The highest BCUT2D eigenvalue weighted by Crippen LogP contribution is 2.38. The minimum absolute atomic E-state index is 0.406. The van der Waals surface area contributed by atoms with Gasteiger partial charge in [0.1, 0.15) is 5.82 Å². The number of hydrogen-bond acceptors (Lipinski definition) is 3. The molecule has 0 atom stereocenters. The minimum atomic E-state index is -0.457. The van der Waals surface area contributed by atoms with E-state index >= 15 is 0 Å². The maximum Gasteiger partial charge on any atom is 0.497 e. The third-order valence-corrected chi connectivity index (χ3v) is 6.62. The smallest absolute Gasteiger partial charge is 0.399 e. The van der Waals surface area contributed by atoms with Gasteiger partial charge in [0.15, 0.2) is 0 Å². The van der Waals surface area contributed by atoms with Crippen LogP contribution >= 0.6 is 0 Å². The Morgan fingerprint density at radius 2 is 1.53 bits per heavy atom. The molecule has 0 N–H and O–H groups in total. The van der Waals surface area contributed by atoms with Crippen molar-refractivity contribution >= 4 is 34.4 Å². The Kier molecular flexibility index (Phi) is 4.32. The zero-order valence-electron chi connectivity index (χ0n) is 18.3. The summed E-state index contributed by atoms with van der Waals surface area (Å²) < 4.78 is 15.3. The van der Waals surface area contributed by atoms with Crippen molar-refractivity contribution in [3.8, 4) is 5.69 Å². The quantitative estimate of drug-likeness (QED) is 0.454. The Bertz CT molecular complexity index is 1240. The van der Waals surface area contributed by atoms with Gasteiger partial charge in [-0.2, -0.15) is 0 Å². The molecule has 0 radical (unpaired) electrons. The van der Waals surface area contributed by atoms with Gasteiger partial charge in [0.25, 0.3) is 0 Å². The van der Waals surface area contributed by atoms with E-state index in [1.165, 1.54) is 5.39 Å². The molecule has 0 aliphatic carbocycles. The lowest BCUT2D eigenvalue weighted by Gasteiger charge is -2.32. The molecular weight excluding hydrogens is 371 g/mol. The Labute approximate surface area is 178 Å². The van der Waals surface area contributed by atoms with Gasteiger partial charge in [0, 0.05) is 17.6 Å². The van der Waals surface area contributed by atoms with E-state index in [1.54, 1.807) is 0 Å². The van der Waals surface area contributed by atoms with Gasteiger partial charge in [-0.25, -0.2) is 4.98 Å². The number of aromatic nitrogens is 2. The summed E-state index contributed by atoms with van der Waals surface area (Å²) in [5, 5.41) is 2.32. The normalized spacial score (nSPS) is 17.8. The molecule has 0 saturated carbocycles. The first-order valence-corrected chi connectivity index (χ1v) is 10.7. The molecule has 5 rings (SSSR count). The Morgan fingerprint density at radius 3 is 2.27 bits per heavy atom. The lowest BCUT2D eigenvalue weighted by atomic mass is 9.74. The maximum absolute atomic E-state index is 6.53. The van der Waals surface area contributed by atoms with E-state index in [0.717, 1.165) is 39.8 Å². The second-order valence-corrected chi connectivity index (χ2v) is 9.01. The molecule has 152 valence electrons. The van der Waals surface area contributed by atoms with Crippen LogP contribution in [0, 0.1) is 0 Å². The molecule has 2 heterocycles. The number of imidazole rings is 1. The van der Waals surface area contributed by atoms with Gasteiger partial charge < -0.3 is 9.31 Å². The average Bonchev–Trinajstić information content (AvgIpc) is 3.20. The Hall–Kier alpha value is -2.63. The lowest BCUT2D eigenvalue weighted by molar-refractivity contribution is 0.00578. The summed E-state index contributed by atoms with van der Waals surface area (Å²) in [7, 11) is -0.457. The van der Waals surface area contributed by atoms with E-state index in [0.29, 0.717) is 0 Å². The van der Waals surface area contributed by atoms with Crippen molar-refractivity contribution in [2.45, 2.75) is 52.2 Å². The first-order chi connectivity index (χ1) is 14.3. The molecule has 4 nitrogen and oxygen atoms in total. The molecule has 0 unspecified atom stereocenters. The summed E-state index contributed by atoms with van der Waals surface area (Å²) in [5.41, 5.74) is 3.42. The molecule has 1 aliphatic heterocycles. The second kappa shape index (κ2) is 6.69. The first-order valence-electron chi connectivity index (χ1n) is 10.7. The Balaban J connectivity index is 1.83. The SMILES string of the molecule is CCc1nc2ccccc2n1-c1ccc2ccccc2c1B1OC(C)(C)C(C)(C)O1.